The minimum Gasteiger partial charge on any atom is -0.325 e. The predicted molar refractivity (Wildman–Crippen MR) is 89.5 cm³/mol. The Labute approximate surface area is 134 Å². The first kappa shape index (κ1) is 16.4. The zero-order valence-corrected chi connectivity index (χ0v) is 13.1. The lowest BCUT2D eigenvalue weighted by Gasteiger charge is -2.21. The molecule has 2 aromatic rings. The van der Waals surface area contributed by atoms with E-state index in [-0.39, 0.29) is 24.1 Å². The molecule has 0 saturated carbocycles. The summed E-state index contributed by atoms with van der Waals surface area (Å²) in [6.45, 7) is 2.72. The number of para-hydroxylation sites is 1. The molecular formula is C18H18N2O3. The first-order valence-corrected chi connectivity index (χ1v) is 7.21. The highest BCUT2D eigenvalue weighted by Gasteiger charge is 2.16. The molecule has 0 aromatic heterocycles. The Bertz CT molecular complexity index is 726. The molecule has 2 aromatic carbocycles. The molecule has 1 N–H and O–H groups in total. The number of rotatable bonds is 5. The fraction of sp³-hybridized carbons (Fsp3) is 0.167. The van der Waals surface area contributed by atoms with E-state index in [1.807, 2.05) is 18.2 Å². The van der Waals surface area contributed by atoms with Gasteiger partial charge in [-0.15, -0.1) is 0 Å². The summed E-state index contributed by atoms with van der Waals surface area (Å²) in [7, 11) is 0. The van der Waals surface area contributed by atoms with Gasteiger partial charge in [0, 0.05) is 23.9 Å². The number of nitrogens with one attached hydrogen (secondary N) is 1. The number of hydrogen-bond donors (Lipinski definition) is 1. The summed E-state index contributed by atoms with van der Waals surface area (Å²) in [6.07, 6.45) is 0. The number of anilines is 2. The van der Waals surface area contributed by atoms with Gasteiger partial charge in [0.1, 0.15) is 6.54 Å². The molecule has 2 amide bonds. The third-order valence-electron chi connectivity index (χ3n) is 3.30. The summed E-state index contributed by atoms with van der Waals surface area (Å²) in [5.74, 6) is -0.669. The van der Waals surface area contributed by atoms with Gasteiger partial charge in [0.15, 0.2) is 5.78 Å². The van der Waals surface area contributed by atoms with E-state index in [9.17, 15) is 14.4 Å². The molecule has 118 valence electrons. The average Bonchev–Trinajstić information content (AvgIpc) is 2.53. The van der Waals surface area contributed by atoms with Crippen molar-refractivity contribution in [2.24, 2.45) is 0 Å². The third kappa shape index (κ3) is 4.51. The highest BCUT2D eigenvalue weighted by atomic mass is 16.2. The fourth-order valence-corrected chi connectivity index (χ4v) is 2.14. The smallest absolute Gasteiger partial charge is 0.244 e. The molecule has 0 aliphatic rings. The van der Waals surface area contributed by atoms with E-state index in [0.29, 0.717) is 16.9 Å². The Morgan fingerprint density at radius 3 is 2.26 bits per heavy atom. The summed E-state index contributed by atoms with van der Waals surface area (Å²) in [6, 6.07) is 15.7. The van der Waals surface area contributed by atoms with Crippen LogP contribution in [0.2, 0.25) is 0 Å². The van der Waals surface area contributed by atoms with Gasteiger partial charge in [0.05, 0.1) is 0 Å². The van der Waals surface area contributed by atoms with Crippen LogP contribution in [0.4, 0.5) is 11.4 Å². The van der Waals surface area contributed by atoms with Crippen molar-refractivity contribution < 1.29 is 14.4 Å². The number of hydrogen-bond acceptors (Lipinski definition) is 3. The molecule has 0 bridgehead atoms. The molecule has 0 saturated heterocycles. The molecule has 5 heteroatoms. The molecule has 0 spiro atoms. The molecule has 0 aliphatic carbocycles. The highest BCUT2D eigenvalue weighted by molar-refractivity contribution is 6.03. The number of ketones is 1. The van der Waals surface area contributed by atoms with Crippen LogP contribution >= 0.6 is 0 Å². The van der Waals surface area contributed by atoms with Crippen molar-refractivity contribution in [1.82, 2.24) is 0 Å². The molecule has 0 atom stereocenters. The lowest BCUT2D eigenvalue weighted by Crippen LogP contribution is -2.36. The van der Waals surface area contributed by atoms with Gasteiger partial charge in [-0.2, -0.15) is 0 Å². The molecular weight excluding hydrogens is 292 g/mol. The maximum atomic E-state index is 12.1. The van der Waals surface area contributed by atoms with E-state index in [1.54, 1.807) is 36.4 Å². The number of amides is 2. The van der Waals surface area contributed by atoms with Crippen LogP contribution in [0.1, 0.15) is 24.2 Å². The van der Waals surface area contributed by atoms with Gasteiger partial charge in [0.2, 0.25) is 11.8 Å². The maximum absolute atomic E-state index is 12.1. The monoisotopic (exact) mass is 310 g/mol. The Balaban J connectivity index is 2.16. The Kier molecular flexibility index (Phi) is 5.25. The predicted octanol–water partition coefficient (Wildman–Crippen LogP) is 2.88. The van der Waals surface area contributed by atoms with Crippen LogP contribution in [0.5, 0.6) is 0 Å². The van der Waals surface area contributed by atoms with Gasteiger partial charge in [0.25, 0.3) is 0 Å². The number of benzene rings is 2. The first-order valence-electron chi connectivity index (χ1n) is 7.21. The van der Waals surface area contributed by atoms with Gasteiger partial charge in [-0.05, 0) is 31.2 Å². The van der Waals surface area contributed by atoms with Crippen molar-refractivity contribution in [1.29, 1.82) is 0 Å². The van der Waals surface area contributed by atoms with E-state index in [0.717, 1.165) is 0 Å². The highest BCUT2D eigenvalue weighted by Crippen LogP contribution is 2.17. The number of nitrogens with zero attached hydrogens (tertiary/aromatic N) is 1. The van der Waals surface area contributed by atoms with E-state index < -0.39 is 0 Å². The van der Waals surface area contributed by atoms with Crippen LogP contribution in [0.15, 0.2) is 54.6 Å². The summed E-state index contributed by atoms with van der Waals surface area (Å²) in [5, 5.41) is 2.73. The van der Waals surface area contributed by atoms with E-state index in [4.69, 9.17) is 0 Å². The molecule has 0 unspecified atom stereocenters. The lowest BCUT2D eigenvalue weighted by atomic mass is 10.1. The van der Waals surface area contributed by atoms with Crippen molar-refractivity contribution >= 4 is 29.0 Å². The standard InChI is InChI=1S/C18H18N2O3/c1-13(21)15-7-6-10-17(11-15)20(14(2)22)12-18(23)19-16-8-4-3-5-9-16/h3-11H,12H2,1-2H3,(H,19,23). The molecule has 2 rings (SSSR count). The van der Waals surface area contributed by atoms with Gasteiger partial charge >= 0.3 is 0 Å². The number of Topliss-reactive ketones (excluding diaryl/α,β-unsaturated/α-hetero) is 1. The minimum absolute atomic E-state index is 0.0934. The molecule has 0 aliphatic heterocycles. The molecule has 23 heavy (non-hydrogen) atoms. The Hall–Kier alpha value is -2.95. The minimum atomic E-state index is -0.306. The second-order valence-corrected chi connectivity index (χ2v) is 5.13. The van der Waals surface area contributed by atoms with Crippen LogP contribution in [0, 0.1) is 0 Å². The zero-order valence-electron chi connectivity index (χ0n) is 13.1. The topological polar surface area (TPSA) is 66.5 Å². The van der Waals surface area contributed by atoms with E-state index in [1.165, 1.54) is 18.7 Å². The van der Waals surface area contributed by atoms with Crippen LogP contribution in [-0.2, 0) is 9.59 Å². The first-order chi connectivity index (χ1) is 11.0. The Morgan fingerprint density at radius 1 is 0.957 bits per heavy atom. The van der Waals surface area contributed by atoms with Crippen LogP contribution in [0.3, 0.4) is 0 Å². The molecule has 0 radical (unpaired) electrons. The van der Waals surface area contributed by atoms with Crippen molar-refractivity contribution in [3.63, 3.8) is 0 Å². The summed E-state index contributed by atoms with van der Waals surface area (Å²) >= 11 is 0. The quantitative estimate of drug-likeness (QED) is 0.864. The van der Waals surface area contributed by atoms with E-state index >= 15 is 0 Å². The van der Waals surface area contributed by atoms with Gasteiger partial charge in [-0.3, -0.25) is 14.4 Å². The fourth-order valence-electron chi connectivity index (χ4n) is 2.14. The van der Waals surface area contributed by atoms with Crippen LogP contribution in [-0.4, -0.2) is 24.1 Å². The maximum Gasteiger partial charge on any atom is 0.244 e. The van der Waals surface area contributed by atoms with Gasteiger partial charge in [-0.1, -0.05) is 30.3 Å². The van der Waals surface area contributed by atoms with Crippen molar-refractivity contribution in [2.45, 2.75) is 13.8 Å². The second kappa shape index (κ2) is 7.35. The van der Waals surface area contributed by atoms with Gasteiger partial charge < -0.3 is 10.2 Å². The summed E-state index contributed by atoms with van der Waals surface area (Å²) < 4.78 is 0. The van der Waals surface area contributed by atoms with E-state index in [2.05, 4.69) is 5.32 Å². The molecule has 5 nitrogen and oxygen atoms in total. The largest absolute Gasteiger partial charge is 0.325 e. The van der Waals surface area contributed by atoms with Gasteiger partial charge in [-0.25, -0.2) is 0 Å². The number of carbonyl (C=O) groups is 3. The SMILES string of the molecule is CC(=O)c1cccc(N(CC(=O)Nc2ccccc2)C(C)=O)c1. The van der Waals surface area contributed by atoms with Crippen LogP contribution < -0.4 is 10.2 Å². The molecule has 0 fully saturated rings. The summed E-state index contributed by atoms with van der Waals surface area (Å²) in [4.78, 5) is 36.8. The summed E-state index contributed by atoms with van der Waals surface area (Å²) in [5.41, 5.74) is 1.68. The average molecular weight is 310 g/mol. The van der Waals surface area contributed by atoms with Crippen molar-refractivity contribution in [2.75, 3.05) is 16.8 Å². The lowest BCUT2D eigenvalue weighted by molar-refractivity contribution is -0.120. The Morgan fingerprint density at radius 2 is 1.65 bits per heavy atom. The molecule has 0 heterocycles. The van der Waals surface area contributed by atoms with Crippen molar-refractivity contribution in [3.05, 3.63) is 60.2 Å². The van der Waals surface area contributed by atoms with Crippen LogP contribution in [0.25, 0.3) is 0 Å². The third-order valence-corrected chi connectivity index (χ3v) is 3.30. The normalized spacial score (nSPS) is 10.0. The number of carbonyl (C=O) groups excluding carboxylic acids is 3. The van der Waals surface area contributed by atoms with Crippen molar-refractivity contribution in [3.8, 4) is 0 Å². The second-order valence-electron chi connectivity index (χ2n) is 5.13. The zero-order chi connectivity index (χ0) is 16.8.